The number of aryl methyl sites for hydroxylation is 3. The molecule has 3 rings (SSSR count). The van der Waals surface area contributed by atoms with Crippen LogP contribution in [0, 0.1) is 6.92 Å². The van der Waals surface area contributed by atoms with Crippen LogP contribution in [0.15, 0.2) is 41.5 Å². The second-order valence-electron chi connectivity index (χ2n) is 7.16. The summed E-state index contributed by atoms with van der Waals surface area (Å²) in [7, 11) is 1.82. The molecule has 5 heteroatoms. The molecule has 1 heterocycles. The van der Waals surface area contributed by atoms with E-state index in [1.165, 1.54) is 47.9 Å². The molecule has 2 aromatic rings. The lowest BCUT2D eigenvalue weighted by Gasteiger charge is -2.21. The van der Waals surface area contributed by atoms with Gasteiger partial charge in [-0.15, -0.1) is 24.0 Å². The molecule has 1 aliphatic carbocycles. The Hall–Kier alpha value is -1.63. The molecule has 0 saturated carbocycles. The summed E-state index contributed by atoms with van der Waals surface area (Å²) in [6.07, 6.45) is 7.97. The highest BCUT2D eigenvalue weighted by atomic mass is 127. The van der Waals surface area contributed by atoms with Crippen molar-refractivity contribution in [2.24, 2.45) is 4.99 Å². The first-order valence-electron chi connectivity index (χ1n) is 9.66. The first-order chi connectivity index (χ1) is 12.7. The highest BCUT2D eigenvalue weighted by Crippen LogP contribution is 2.24. The molecule has 1 aliphatic rings. The summed E-state index contributed by atoms with van der Waals surface area (Å²) in [6.45, 7) is 5.04. The number of fused-ring (bicyclic) bond motifs is 1. The quantitative estimate of drug-likeness (QED) is 0.382. The largest absolute Gasteiger partial charge is 0.356 e. The maximum absolute atomic E-state index is 4.37. The van der Waals surface area contributed by atoms with Crippen molar-refractivity contribution in [3.8, 4) is 0 Å². The SMILES string of the molecule is CN=C(NCCc1ccc(C)nc1)NC(C)c1ccc2c(c1)CCCC2.I. The summed E-state index contributed by atoms with van der Waals surface area (Å²) in [5.74, 6) is 0.843. The van der Waals surface area contributed by atoms with E-state index in [9.17, 15) is 0 Å². The molecule has 27 heavy (non-hydrogen) atoms. The van der Waals surface area contributed by atoms with Crippen LogP contribution in [0.2, 0.25) is 0 Å². The van der Waals surface area contributed by atoms with Crippen molar-refractivity contribution in [1.29, 1.82) is 0 Å². The number of pyridine rings is 1. The van der Waals surface area contributed by atoms with Gasteiger partial charge in [0.15, 0.2) is 5.96 Å². The third-order valence-corrected chi connectivity index (χ3v) is 5.13. The van der Waals surface area contributed by atoms with Crippen molar-refractivity contribution in [2.45, 2.75) is 52.0 Å². The second kappa shape index (κ2) is 10.6. The summed E-state index contributed by atoms with van der Waals surface area (Å²) in [5, 5.41) is 6.92. The fourth-order valence-electron chi connectivity index (χ4n) is 3.48. The normalized spacial score (nSPS) is 14.7. The molecule has 0 aliphatic heterocycles. The third kappa shape index (κ3) is 6.19. The molecule has 146 valence electrons. The summed E-state index contributed by atoms with van der Waals surface area (Å²) in [4.78, 5) is 8.71. The molecule has 0 amide bonds. The zero-order chi connectivity index (χ0) is 18.4. The van der Waals surface area contributed by atoms with Crippen LogP contribution < -0.4 is 10.6 Å². The van der Waals surface area contributed by atoms with E-state index in [0.717, 1.165) is 24.6 Å². The van der Waals surface area contributed by atoms with Gasteiger partial charge in [-0.3, -0.25) is 9.98 Å². The molecule has 1 atom stereocenters. The first kappa shape index (κ1) is 21.7. The van der Waals surface area contributed by atoms with Crippen molar-refractivity contribution in [1.82, 2.24) is 15.6 Å². The summed E-state index contributed by atoms with van der Waals surface area (Å²) in [5.41, 5.74) is 6.68. The zero-order valence-corrected chi connectivity index (χ0v) is 18.9. The minimum absolute atomic E-state index is 0. The van der Waals surface area contributed by atoms with Crippen LogP contribution in [0.25, 0.3) is 0 Å². The molecular weight excluding hydrogens is 447 g/mol. The molecule has 0 radical (unpaired) electrons. The maximum Gasteiger partial charge on any atom is 0.191 e. The number of rotatable bonds is 5. The minimum atomic E-state index is 0. The molecule has 0 saturated heterocycles. The van der Waals surface area contributed by atoms with E-state index in [1.807, 2.05) is 20.2 Å². The number of nitrogens with zero attached hydrogens (tertiary/aromatic N) is 2. The molecular formula is C22H31IN4. The topological polar surface area (TPSA) is 49.3 Å². The van der Waals surface area contributed by atoms with Crippen LogP contribution in [0.5, 0.6) is 0 Å². The molecule has 0 bridgehead atoms. The van der Waals surface area contributed by atoms with Gasteiger partial charge < -0.3 is 10.6 Å². The average molecular weight is 478 g/mol. The Labute approximate surface area is 180 Å². The highest BCUT2D eigenvalue weighted by Gasteiger charge is 2.13. The van der Waals surface area contributed by atoms with Crippen molar-refractivity contribution < 1.29 is 0 Å². The smallest absolute Gasteiger partial charge is 0.191 e. The van der Waals surface area contributed by atoms with Gasteiger partial charge in [0.05, 0.1) is 6.04 Å². The van der Waals surface area contributed by atoms with Crippen LogP contribution in [-0.2, 0) is 19.3 Å². The Morgan fingerprint density at radius 2 is 1.93 bits per heavy atom. The average Bonchev–Trinajstić information content (AvgIpc) is 2.68. The number of nitrogens with one attached hydrogen (secondary N) is 2. The fourth-order valence-corrected chi connectivity index (χ4v) is 3.48. The van der Waals surface area contributed by atoms with E-state index in [-0.39, 0.29) is 30.0 Å². The monoisotopic (exact) mass is 478 g/mol. The van der Waals surface area contributed by atoms with Gasteiger partial charge >= 0.3 is 0 Å². The van der Waals surface area contributed by atoms with Crippen LogP contribution in [-0.4, -0.2) is 24.5 Å². The van der Waals surface area contributed by atoms with E-state index in [4.69, 9.17) is 0 Å². The third-order valence-electron chi connectivity index (χ3n) is 5.13. The first-order valence-corrected chi connectivity index (χ1v) is 9.66. The van der Waals surface area contributed by atoms with Crippen LogP contribution in [0.3, 0.4) is 0 Å². The summed E-state index contributed by atoms with van der Waals surface area (Å²) in [6, 6.07) is 11.4. The lowest BCUT2D eigenvalue weighted by Crippen LogP contribution is -2.39. The van der Waals surface area contributed by atoms with Crippen molar-refractivity contribution in [3.05, 3.63) is 64.5 Å². The molecule has 0 spiro atoms. The predicted octanol–water partition coefficient (Wildman–Crippen LogP) is 4.36. The van der Waals surface area contributed by atoms with Crippen molar-refractivity contribution >= 4 is 29.9 Å². The lowest BCUT2D eigenvalue weighted by atomic mass is 9.89. The van der Waals surface area contributed by atoms with Gasteiger partial charge in [0.2, 0.25) is 0 Å². The predicted molar refractivity (Wildman–Crippen MR) is 124 cm³/mol. The van der Waals surface area contributed by atoms with E-state index in [1.54, 1.807) is 0 Å². The van der Waals surface area contributed by atoms with Crippen LogP contribution in [0.4, 0.5) is 0 Å². The number of halogens is 1. The van der Waals surface area contributed by atoms with E-state index in [0.29, 0.717) is 0 Å². The lowest BCUT2D eigenvalue weighted by molar-refractivity contribution is 0.665. The highest BCUT2D eigenvalue weighted by molar-refractivity contribution is 14.0. The fraction of sp³-hybridized carbons (Fsp3) is 0.455. The maximum atomic E-state index is 4.37. The molecule has 2 N–H and O–H groups in total. The Balaban J connectivity index is 0.00000261. The van der Waals surface area contributed by atoms with Gasteiger partial charge in [-0.1, -0.05) is 24.3 Å². The van der Waals surface area contributed by atoms with Gasteiger partial charge in [0, 0.05) is 25.5 Å². The molecule has 1 unspecified atom stereocenters. The number of guanidine groups is 1. The van der Waals surface area contributed by atoms with E-state index >= 15 is 0 Å². The van der Waals surface area contributed by atoms with Crippen molar-refractivity contribution in [2.75, 3.05) is 13.6 Å². The van der Waals surface area contributed by atoms with Crippen LogP contribution >= 0.6 is 24.0 Å². The molecule has 0 fully saturated rings. The summed E-state index contributed by atoms with van der Waals surface area (Å²) < 4.78 is 0. The standard InChI is InChI=1S/C22H30N4.HI/c1-16-8-9-18(15-25-16)12-13-24-22(23-3)26-17(2)20-11-10-19-6-4-5-7-21(19)14-20;/h8-11,14-15,17H,4-7,12-13H2,1-3H3,(H2,23,24,26);1H. The second-order valence-corrected chi connectivity index (χ2v) is 7.16. The molecule has 4 nitrogen and oxygen atoms in total. The number of aromatic nitrogens is 1. The van der Waals surface area contributed by atoms with E-state index in [2.05, 4.69) is 57.9 Å². The van der Waals surface area contributed by atoms with Gasteiger partial charge in [0.1, 0.15) is 0 Å². The number of benzene rings is 1. The zero-order valence-electron chi connectivity index (χ0n) is 16.6. The Kier molecular flexibility index (Phi) is 8.54. The number of hydrogen-bond donors (Lipinski definition) is 2. The van der Waals surface area contributed by atoms with Gasteiger partial charge in [-0.05, 0) is 74.3 Å². The van der Waals surface area contributed by atoms with Crippen molar-refractivity contribution in [3.63, 3.8) is 0 Å². The van der Waals surface area contributed by atoms with Gasteiger partial charge in [-0.2, -0.15) is 0 Å². The minimum Gasteiger partial charge on any atom is -0.356 e. The number of hydrogen-bond acceptors (Lipinski definition) is 2. The van der Waals surface area contributed by atoms with Gasteiger partial charge in [-0.25, -0.2) is 0 Å². The van der Waals surface area contributed by atoms with Gasteiger partial charge in [0.25, 0.3) is 0 Å². The number of aliphatic imine (C=N–C) groups is 1. The molecule has 1 aromatic heterocycles. The molecule has 1 aromatic carbocycles. The van der Waals surface area contributed by atoms with Crippen LogP contribution in [0.1, 0.15) is 53.8 Å². The Bertz CT molecular complexity index is 755. The van der Waals surface area contributed by atoms with E-state index < -0.39 is 0 Å². The summed E-state index contributed by atoms with van der Waals surface area (Å²) >= 11 is 0. The Morgan fingerprint density at radius 1 is 1.15 bits per heavy atom. The Morgan fingerprint density at radius 3 is 2.63 bits per heavy atom.